The van der Waals surface area contributed by atoms with E-state index in [1.807, 2.05) is 30.1 Å². The normalized spacial score (nSPS) is 17.9. The number of hydrogen-bond acceptors (Lipinski definition) is 5. The number of hydrogen-bond donors (Lipinski definition) is 3. The summed E-state index contributed by atoms with van der Waals surface area (Å²) in [6.07, 6.45) is 9.52. The molecule has 152 valence electrons. The predicted octanol–water partition coefficient (Wildman–Crippen LogP) is 4.76. The molecule has 7 heteroatoms. The van der Waals surface area contributed by atoms with Crippen LogP contribution in [0.25, 0.3) is 11.0 Å². The van der Waals surface area contributed by atoms with Gasteiger partial charge in [0.2, 0.25) is 0 Å². The van der Waals surface area contributed by atoms with Crippen LogP contribution in [0.5, 0.6) is 0 Å². The lowest BCUT2D eigenvalue weighted by Gasteiger charge is -2.44. The Kier molecular flexibility index (Phi) is 4.56. The van der Waals surface area contributed by atoms with Gasteiger partial charge in [0, 0.05) is 30.4 Å². The fourth-order valence-corrected chi connectivity index (χ4v) is 5.06. The van der Waals surface area contributed by atoms with Crippen LogP contribution >= 0.6 is 11.6 Å². The number of nitrogens with one attached hydrogen (secondary N) is 3. The molecule has 5 rings (SSSR count). The SMILES string of the molecule is C=C1Nc2c(Cl)cc3cc(CNCc4nccn4C)oc3c2C2(CCCCC2)N1. The molecule has 3 aromatic rings. The third-order valence-electron chi connectivity index (χ3n) is 6.16. The molecular formula is C22H26ClN5O. The van der Waals surface area contributed by atoms with Gasteiger partial charge in [0.05, 0.1) is 35.2 Å². The van der Waals surface area contributed by atoms with Crippen molar-refractivity contribution in [3.63, 3.8) is 0 Å². The summed E-state index contributed by atoms with van der Waals surface area (Å²) in [7, 11) is 2.00. The highest BCUT2D eigenvalue weighted by atomic mass is 35.5. The van der Waals surface area contributed by atoms with Gasteiger partial charge in [-0.3, -0.25) is 0 Å². The fourth-order valence-electron chi connectivity index (χ4n) is 4.80. The molecule has 29 heavy (non-hydrogen) atoms. The quantitative estimate of drug-likeness (QED) is 0.577. The molecule has 1 saturated carbocycles. The van der Waals surface area contributed by atoms with Crippen molar-refractivity contribution in [3.8, 4) is 0 Å². The van der Waals surface area contributed by atoms with Crippen molar-refractivity contribution in [1.29, 1.82) is 0 Å². The lowest BCUT2D eigenvalue weighted by atomic mass is 9.74. The molecule has 0 unspecified atom stereocenters. The highest BCUT2D eigenvalue weighted by molar-refractivity contribution is 6.34. The summed E-state index contributed by atoms with van der Waals surface area (Å²) in [6, 6.07) is 4.08. The van der Waals surface area contributed by atoms with Crippen LogP contribution in [0.2, 0.25) is 5.02 Å². The zero-order valence-electron chi connectivity index (χ0n) is 16.6. The summed E-state index contributed by atoms with van der Waals surface area (Å²) in [5, 5.41) is 12.2. The maximum Gasteiger partial charge on any atom is 0.142 e. The number of benzene rings is 1. The van der Waals surface area contributed by atoms with E-state index in [1.54, 1.807) is 0 Å². The van der Waals surface area contributed by atoms with Crippen LogP contribution in [-0.4, -0.2) is 9.55 Å². The highest BCUT2D eigenvalue weighted by Gasteiger charge is 2.42. The molecule has 0 bridgehead atoms. The molecule has 2 aromatic heterocycles. The average molecular weight is 412 g/mol. The van der Waals surface area contributed by atoms with E-state index >= 15 is 0 Å². The van der Waals surface area contributed by atoms with Crippen LogP contribution in [0.3, 0.4) is 0 Å². The molecule has 6 nitrogen and oxygen atoms in total. The van der Waals surface area contributed by atoms with E-state index in [2.05, 4.69) is 33.6 Å². The summed E-state index contributed by atoms with van der Waals surface area (Å²) in [4.78, 5) is 4.35. The summed E-state index contributed by atoms with van der Waals surface area (Å²) in [6.45, 7) is 5.45. The first kappa shape index (κ1) is 18.6. The van der Waals surface area contributed by atoms with E-state index in [0.29, 0.717) is 18.1 Å². The third-order valence-corrected chi connectivity index (χ3v) is 6.46. The summed E-state index contributed by atoms with van der Waals surface area (Å²) < 4.78 is 8.39. The number of aryl methyl sites for hydroxylation is 1. The van der Waals surface area contributed by atoms with Gasteiger partial charge >= 0.3 is 0 Å². The molecular weight excluding hydrogens is 386 g/mol. The number of fused-ring (bicyclic) bond motifs is 4. The minimum Gasteiger partial charge on any atom is -0.459 e. The smallest absolute Gasteiger partial charge is 0.142 e. The monoisotopic (exact) mass is 411 g/mol. The largest absolute Gasteiger partial charge is 0.459 e. The molecule has 3 N–H and O–H groups in total. The number of rotatable bonds is 4. The van der Waals surface area contributed by atoms with Crippen molar-refractivity contribution in [2.24, 2.45) is 7.05 Å². The van der Waals surface area contributed by atoms with E-state index in [9.17, 15) is 0 Å². The highest BCUT2D eigenvalue weighted by Crippen LogP contribution is 2.49. The molecule has 1 aliphatic heterocycles. The predicted molar refractivity (Wildman–Crippen MR) is 116 cm³/mol. The van der Waals surface area contributed by atoms with Crippen molar-refractivity contribution < 1.29 is 4.42 Å². The number of aromatic nitrogens is 2. The number of anilines is 1. The molecule has 0 amide bonds. The first-order chi connectivity index (χ1) is 14.1. The van der Waals surface area contributed by atoms with Crippen LogP contribution in [0, 0.1) is 0 Å². The molecule has 3 heterocycles. The van der Waals surface area contributed by atoms with E-state index < -0.39 is 0 Å². The first-order valence-corrected chi connectivity index (χ1v) is 10.6. The Bertz CT molecular complexity index is 1080. The zero-order chi connectivity index (χ0) is 20.0. The van der Waals surface area contributed by atoms with Crippen molar-refractivity contribution in [3.05, 3.63) is 59.1 Å². The molecule has 1 fully saturated rings. The van der Waals surface area contributed by atoms with Gasteiger partial charge in [0.15, 0.2) is 0 Å². The number of furan rings is 1. The van der Waals surface area contributed by atoms with Gasteiger partial charge in [0.1, 0.15) is 17.2 Å². The van der Waals surface area contributed by atoms with Gasteiger partial charge in [-0.05, 0) is 25.0 Å². The van der Waals surface area contributed by atoms with Crippen LogP contribution in [0.1, 0.15) is 49.3 Å². The molecule has 1 aromatic carbocycles. The minimum atomic E-state index is -0.158. The van der Waals surface area contributed by atoms with Crippen molar-refractivity contribution in [2.75, 3.05) is 5.32 Å². The number of halogens is 1. The lowest BCUT2D eigenvalue weighted by molar-refractivity contribution is 0.250. The van der Waals surface area contributed by atoms with Crippen LogP contribution in [0.4, 0.5) is 5.69 Å². The molecule has 0 atom stereocenters. The third kappa shape index (κ3) is 3.20. The maximum atomic E-state index is 6.69. The Hall–Kier alpha value is -2.44. The Balaban J connectivity index is 1.50. The molecule has 0 radical (unpaired) electrons. The van der Waals surface area contributed by atoms with Gasteiger partial charge in [-0.2, -0.15) is 0 Å². The second-order valence-corrected chi connectivity index (χ2v) is 8.58. The van der Waals surface area contributed by atoms with Crippen LogP contribution < -0.4 is 16.0 Å². The van der Waals surface area contributed by atoms with Crippen molar-refractivity contribution in [2.45, 2.75) is 50.7 Å². The van der Waals surface area contributed by atoms with Crippen molar-refractivity contribution in [1.82, 2.24) is 20.2 Å². The van der Waals surface area contributed by atoms with E-state index in [4.69, 9.17) is 16.0 Å². The minimum absolute atomic E-state index is 0.158. The summed E-state index contributed by atoms with van der Waals surface area (Å²) >= 11 is 6.69. The molecule has 1 spiro atoms. The standard InChI is InChI=1S/C22H26ClN5O/c1-14-26-20-17(23)11-15-10-16(12-24-13-18-25-8-9-28(18)2)29-21(15)19(20)22(27-14)6-4-3-5-7-22/h8-11,24,26-27H,1,3-7,12-13H2,2H3. The second-order valence-electron chi connectivity index (χ2n) is 8.17. The van der Waals surface area contributed by atoms with Gasteiger partial charge in [-0.15, -0.1) is 0 Å². The summed E-state index contributed by atoms with van der Waals surface area (Å²) in [5.74, 6) is 2.70. The lowest BCUT2D eigenvalue weighted by Crippen LogP contribution is -2.48. The van der Waals surface area contributed by atoms with Crippen molar-refractivity contribution >= 4 is 28.3 Å². The topological polar surface area (TPSA) is 67.0 Å². The maximum absolute atomic E-state index is 6.69. The van der Waals surface area contributed by atoms with E-state index in [0.717, 1.165) is 52.5 Å². The van der Waals surface area contributed by atoms with Gasteiger partial charge in [0.25, 0.3) is 0 Å². The van der Waals surface area contributed by atoms with Gasteiger partial charge in [-0.1, -0.05) is 37.4 Å². The molecule has 0 saturated heterocycles. The average Bonchev–Trinajstić information content (AvgIpc) is 3.28. The Labute approximate surface area is 175 Å². The first-order valence-electron chi connectivity index (χ1n) is 10.2. The Morgan fingerprint density at radius 1 is 1.28 bits per heavy atom. The second kappa shape index (κ2) is 7.11. The summed E-state index contributed by atoms with van der Waals surface area (Å²) in [5.41, 5.74) is 2.86. The van der Waals surface area contributed by atoms with E-state index in [1.165, 1.54) is 19.3 Å². The van der Waals surface area contributed by atoms with Crippen LogP contribution in [-0.2, 0) is 25.7 Å². The Morgan fingerprint density at radius 3 is 2.86 bits per heavy atom. The van der Waals surface area contributed by atoms with Crippen LogP contribution in [0.15, 0.2) is 41.3 Å². The zero-order valence-corrected chi connectivity index (χ0v) is 17.4. The molecule has 1 aliphatic carbocycles. The Morgan fingerprint density at radius 2 is 2.10 bits per heavy atom. The molecule has 2 aliphatic rings. The van der Waals surface area contributed by atoms with E-state index in [-0.39, 0.29) is 5.54 Å². The van der Waals surface area contributed by atoms with Gasteiger partial charge in [-0.25, -0.2) is 4.98 Å². The number of nitrogens with zero attached hydrogens (tertiary/aromatic N) is 2. The fraction of sp³-hybridized carbons (Fsp3) is 0.409. The number of imidazole rings is 1. The van der Waals surface area contributed by atoms with Gasteiger partial charge < -0.3 is 24.9 Å².